The van der Waals surface area contributed by atoms with Gasteiger partial charge in [0, 0.05) is 6.61 Å². The van der Waals surface area contributed by atoms with Gasteiger partial charge in [-0.15, -0.1) is 0 Å². The lowest BCUT2D eigenvalue weighted by Gasteiger charge is -2.44. The third-order valence-corrected chi connectivity index (χ3v) is 4.44. The molecule has 1 aliphatic rings. The van der Waals surface area contributed by atoms with Crippen molar-refractivity contribution in [3.8, 4) is 5.75 Å². The molecule has 2 rings (SSSR count). The van der Waals surface area contributed by atoms with Crippen molar-refractivity contribution in [3.63, 3.8) is 0 Å². The van der Waals surface area contributed by atoms with E-state index in [1.807, 2.05) is 18.2 Å². The molecule has 0 aliphatic heterocycles. The molecule has 0 saturated heterocycles. The van der Waals surface area contributed by atoms with E-state index in [1.165, 1.54) is 12.8 Å². The molecule has 0 bridgehead atoms. The molecule has 112 valence electrons. The molecule has 1 saturated carbocycles. The van der Waals surface area contributed by atoms with E-state index in [-0.39, 0.29) is 11.6 Å². The minimum absolute atomic E-state index is 0.0969. The van der Waals surface area contributed by atoms with E-state index in [9.17, 15) is 0 Å². The first-order valence-electron chi connectivity index (χ1n) is 7.65. The van der Waals surface area contributed by atoms with Crippen LogP contribution in [0.1, 0.15) is 51.1 Å². The molecule has 1 aliphatic carbocycles. The zero-order valence-electron chi connectivity index (χ0n) is 12.9. The zero-order chi connectivity index (χ0) is 14.6. The maximum atomic E-state index is 6.60. The maximum absolute atomic E-state index is 6.60. The molecule has 20 heavy (non-hydrogen) atoms. The van der Waals surface area contributed by atoms with Crippen LogP contribution in [-0.2, 0) is 4.74 Å². The molecular formula is C17H27NO2. The van der Waals surface area contributed by atoms with Crippen molar-refractivity contribution in [1.29, 1.82) is 0 Å². The average molecular weight is 277 g/mol. The highest BCUT2D eigenvalue weighted by Crippen LogP contribution is 2.42. The number of nitrogens with two attached hydrogens (primary N) is 1. The lowest BCUT2D eigenvalue weighted by molar-refractivity contribution is -0.0938. The Hall–Kier alpha value is -1.06. The average Bonchev–Trinajstić information content (AvgIpc) is 2.47. The third kappa shape index (κ3) is 3.15. The lowest BCUT2D eigenvalue weighted by Crippen LogP contribution is -2.47. The number of rotatable bonds is 5. The van der Waals surface area contributed by atoms with Gasteiger partial charge in [0.2, 0.25) is 0 Å². The van der Waals surface area contributed by atoms with E-state index >= 15 is 0 Å². The molecule has 0 aromatic heterocycles. The van der Waals surface area contributed by atoms with Gasteiger partial charge >= 0.3 is 0 Å². The Morgan fingerprint density at radius 3 is 2.90 bits per heavy atom. The SMILES string of the molecule is CCOC1(C(N)c2cccc(OC)c2)CCCC(C)C1. The largest absolute Gasteiger partial charge is 0.497 e. The van der Waals surface area contributed by atoms with Crippen LogP contribution in [0.5, 0.6) is 5.75 Å². The van der Waals surface area contributed by atoms with E-state index in [2.05, 4.69) is 19.9 Å². The smallest absolute Gasteiger partial charge is 0.119 e. The highest BCUT2D eigenvalue weighted by atomic mass is 16.5. The summed E-state index contributed by atoms with van der Waals surface area (Å²) in [7, 11) is 1.69. The van der Waals surface area contributed by atoms with Crippen LogP contribution < -0.4 is 10.5 Å². The van der Waals surface area contributed by atoms with Gasteiger partial charge in [0.1, 0.15) is 5.75 Å². The fourth-order valence-corrected chi connectivity index (χ4v) is 3.47. The highest BCUT2D eigenvalue weighted by Gasteiger charge is 2.41. The summed E-state index contributed by atoms with van der Waals surface area (Å²) in [5.74, 6) is 1.53. The van der Waals surface area contributed by atoms with Crippen molar-refractivity contribution in [2.45, 2.75) is 51.2 Å². The summed E-state index contributed by atoms with van der Waals surface area (Å²) in [6.45, 7) is 5.06. The van der Waals surface area contributed by atoms with Crippen molar-refractivity contribution in [3.05, 3.63) is 29.8 Å². The summed E-state index contributed by atoms with van der Waals surface area (Å²) >= 11 is 0. The van der Waals surface area contributed by atoms with Crippen molar-refractivity contribution < 1.29 is 9.47 Å². The molecule has 0 amide bonds. The van der Waals surface area contributed by atoms with Crippen LogP contribution >= 0.6 is 0 Å². The van der Waals surface area contributed by atoms with Gasteiger partial charge in [0.05, 0.1) is 18.8 Å². The summed E-state index contributed by atoms with van der Waals surface area (Å²) in [6, 6.07) is 7.96. The number of benzene rings is 1. The lowest BCUT2D eigenvalue weighted by atomic mass is 9.73. The van der Waals surface area contributed by atoms with Gasteiger partial charge in [-0.2, -0.15) is 0 Å². The molecule has 1 aromatic carbocycles. The Morgan fingerprint density at radius 2 is 2.25 bits per heavy atom. The second kappa shape index (κ2) is 6.59. The first-order valence-corrected chi connectivity index (χ1v) is 7.65. The van der Waals surface area contributed by atoms with Gasteiger partial charge in [-0.1, -0.05) is 31.9 Å². The first kappa shape index (κ1) is 15.3. The van der Waals surface area contributed by atoms with Crippen LogP contribution in [0.2, 0.25) is 0 Å². The second-order valence-corrected chi connectivity index (χ2v) is 5.95. The Kier molecular flexibility index (Phi) is 5.06. The Bertz CT molecular complexity index is 431. The van der Waals surface area contributed by atoms with Gasteiger partial charge < -0.3 is 15.2 Å². The molecule has 1 aromatic rings. The third-order valence-electron chi connectivity index (χ3n) is 4.44. The molecule has 2 N–H and O–H groups in total. The predicted octanol–water partition coefficient (Wildman–Crippen LogP) is 3.68. The Labute approximate surface area is 122 Å². The standard InChI is InChI=1S/C17H27NO2/c1-4-20-17(10-6-7-13(2)12-17)16(18)14-8-5-9-15(11-14)19-3/h5,8-9,11,13,16H,4,6-7,10,12,18H2,1-3H3. The normalized spacial score (nSPS) is 28.1. The van der Waals surface area contributed by atoms with Crippen LogP contribution in [0.25, 0.3) is 0 Å². The van der Waals surface area contributed by atoms with Gasteiger partial charge in [-0.05, 0) is 43.4 Å². The van der Waals surface area contributed by atoms with E-state index in [1.54, 1.807) is 7.11 Å². The number of hydrogen-bond acceptors (Lipinski definition) is 3. The van der Waals surface area contributed by atoms with Gasteiger partial charge in [-0.3, -0.25) is 0 Å². The molecule has 0 radical (unpaired) electrons. The van der Waals surface area contributed by atoms with E-state index in [0.717, 1.165) is 24.2 Å². The summed E-state index contributed by atoms with van der Waals surface area (Å²) in [5, 5.41) is 0. The van der Waals surface area contributed by atoms with Crippen LogP contribution in [0, 0.1) is 5.92 Å². The highest BCUT2D eigenvalue weighted by molar-refractivity contribution is 5.32. The van der Waals surface area contributed by atoms with E-state index < -0.39 is 0 Å². The zero-order valence-corrected chi connectivity index (χ0v) is 12.9. The minimum Gasteiger partial charge on any atom is -0.497 e. The fraction of sp³-hybridized carbons (Fsp3) is 0.647. The van der Waals surface area contributed by atoms with Gasteiger partial charge in [0.15, 0.2) is 0 Å². The van der Waals surface area contributed by atoms with Crippen molar-refractivity contribution in [2.75, 3.05) is 13.7 Å². The number of ether oxygens (including phenoxy) is 2. The number of methoxy groups -OCH3 is 1. The Morgan fingerprint density at radius 1 is 1.45 bits per heavy atom. The fourth-order valence-electron chi connectivity index (χ4n) is 3.47. The molecule has 0 spiro atoms. The molecular weight excluding hydrogens is 250 g/mol. The summed E-state index contributed by atoms with van der Waals surface area (Å²) in [4.78, 5) is 0. The monoisotopic (exact) mass is 277 g/mol. The Balaban J connectivity index is 2.27. The van der Waals surface area contributed by atoms with Crippen molar-refractivity contribution >= 4 is 0 Å². The number of hydrogen-bond donors (Lipinski definition) is 1. The first-order chi connectivity index (χ1) is 9.61. The van der Waals surface area contributed by atoms with Crippen LogP contribution in [0.4, 0.5) is 0 Å². The van der Waals surface area contributed by atoms with Gasteiger partial charge in [0.25, 0.3) is 0 Å². The summed E-state index contributed by atoms with van der Waals surface area (Å²) in [6.07, 6.45) is 4.56. The quantitative estimate of drug-likeness (QED) is 0.893. The van der Waals surface area contributed by atoms with Crippen molar-refractivity contribution in [2.24, 2.45) is 11.7 Å². The molecule has 3 atom stereocenters. The van der Waals surface area contributed by atoms with Crippen LogP contribution in [-0.4, -0.2) is 19.3 Å². The maximum Gasteiger partial charge on any atom is 0.119 e. The summed E-state index contributed by atoms with van der Waals surface area (Å²) < 4.78 is 11.5. The van der Waals surface area contributed by atoms with E-state index in [0.29, 0.717) is 12.5 Å². The molecule has 0 heterocycles. The topological polar surface area (TPSA) is 44.5 Å². The van der Waals surface area contributed by atoms with Crippen LogP contribution in [0.15, 0.2) is 24.3 Å². The minimum atomic E-state index is -0.223. The van der Waals surface area contributed by atoms with Crippen LogP contribution in [0.3, 0.4) is 0 Å². The molecule has 3 heteroatoms. The van der Waals surface area contributed by atoms with Crippen molar-refractivity contribution in [1.82, 2.24) is 0 Å². The predicted molar refractivity (Wildman–Crippen MR) is 81.9 cm³/mol. The second-order valence-electron chi connectivity index (χ2n) is 5.95. The molecule has 3 unspecified atom stereocenters. The molecule has 1 fully saturated rings. The van der Waals surface area contributed by atoms with Gasteiger partial charge in [-0.25, -0.2) is 0 Å². The van der Waals surface area contributed by atoms with E-state index in [4.69, 9.17) is 15.2 Å². The summed E-state index contributed by atoms with van der Waals surface area (Å²) in [5.41, 5.74) is 7.48. The molecule has 3 nitrogen and oxygen atoms in total.